The van der Waals surface area contributed by atoms with E-state index in [1.54, 1.807) is 12.1 Å². The number of benzene rings is 1. The SMILES string of the molecule is O=C1CC(NCc2ccc(F)c(Br)c2)CN1. The van der Waals surface area contributed by atoms with Crippen LogP contribution < -0.4 is 10.6 Å². The summed E-state index contributed by atoms with van der Waals surface area (Å²) in [5.74, 6) is -0.181. The van der Waals surface area contributed by atoms with Crippen molar-refractivity contribution in [1.29, 1.82) is 0 Å². The topological polar surface area (TPSA) is 41.1 Å². The Morgan fingerprint density at radius 3 is 3.00 bits per heavy atom. The second-order valence-corrected chi connectivity index (χ2v) is 4.69. The molecule has 0 aromatic heterocycles. The maximum absolute atomic E-state index is 13.0. The number of hydrogen-bond donors (Lipinski definition) is 2. The number of nitrogens with one attached hydrogen (secondary N) is 2. The van der Waals surface area contributed by atoms with Crippen LogP contribution in [0.15, 0.2) is 22.7 Å². The predicted octanol–water partition coefficient (Wildman–Crippen LogP) is 1.57. The van der Waals surface area contributed by atoms with Crippen LogP contribution in [0.5, 0.6) is 0 Å². The third kappa shape index (κ3) is 2.80. The van der Waals surface area contributed by atoms with Gasteiger partial charge in [-0.3, -0.25) is 4.79 Å². The van der Waals surface area contributed by atoms with Crippen LogP contribution in [0.1, 0.15) is 12.0 Å². The Labute approximate surface area is 102 Å². The van der Waals surface area contributed by atoms with Crippen LogP contribution in [0.25, 0.3) is 0 Å². The lowest BCUT2D eigenvalue weighted by atomic mass is 10.2. The minimum absolute atomic E-state index is 0.0813. The van der Waals surface area contributed by atoms with Gasteiger partial charge in [-0.1, -0.05) is 6.07 Å². The molecule has 1 saturated heterocycles. The van der Waals surface area contributed by atoms with Crippen molar-refractivity contribution in [3.63, 3.8) is 0 Å². The fraction of sp³-hybridized carbons (Fsp3) is 0.364. The fourth-order valence-electron chi connectivity index (χ4n) is 1.66. The number of carbonyl (C=O) groups is 1. The lowest BCUT2D eigenvalue weighted by Crippen LogP contribution is -2.30. The molecule has 0 aliphatic carbocycles. The van der Waals surface area contributed by atoms with Gasteiger partial charge in [0.2, 0.25) is 5.91 Å². The van der Waals surface area contributed by atoms with Crippen molar-refractivity contribution in [1.82, 2.24) is 10.6 Å². The maximum atomic E-state index is 13.0. The van der Waals surface area contributed by atoms with E-state index in [0.29, 0.717) is 24.0 Å². The first-order valence-corrected chi connectivity index (χ1v) is 5.88. The van der Waals surface area contributed by atoms with Gasteiger partial charge in [0.05, 0.1) is 4.47 Å². The van der Waals surface area contributed by atoms with E-state index in [1.165, 1.54) is 6.07 Å². The Bertz CT molecular complexity index is 411. The Hall–Kier alpha value is -0.940. The Balaban J connectivity index is 1.89. The molecule has 0 radical (unpaired) electrons. The minimum Gasteiger partial charge on any atom is -0.354 e. The predicted molar refractivity (Wildman–Crippen MR) is 62.4 cm³/mol. The molecule has 1 atom stereocenters. The Morgan fingerprint density at radius 1 is 1.56 bits per heavy atom. The van der Waals surface area contributed by atoms with Crippen LogP contribution in [0, 0.1) is 5.82 Å². The lowest BCUT2D eigenvalue weighted by Gasteiger charge is -2.10. The van der Waals surface area contributed by atoms with E-state index < -0.39 is 0 Å². The summed E-state index contributed by atoms with van der Waals surface area (Å²) < 4.78 is 13.4. The average molecular weight is 287 g/mol. The van der Waals surface area contributed by atoms with E-state index in [1.807, 2.05) is 0 Å². The van der Waals surface area contributed by atoms with Crippen molar-refractivity contribution in [2.75, 3.05) is 6.54 Å². The molecule has 1 amide bonds. The molecule has 2 N–H and O–H groups in total. The summed E-state index contributed by atoms with van der Waals surface area (Å²) in [5, 5.41) is 6.00. The molecule has 86 valence electrons. The van der Waals surface area contributed by atoms with Gasteiger partial charge in [-0.25, -0.2) is 4.39 Å². The third-order valence-electron chi connectivity index (χ3n) is 2.56. The summed E-state index contributed by atoms with van der Waals surface area (Å²) in [6.45, 7) is 1.31. The standard InChI is InChI=1S/C11H12BrFN2O/c12-9-3-7(1-2-10(9)13)5-14-8-4-11(16)15-6-8/h1-3,8,14H,4-6H2,(H,15,16). The number of rotatable bonds is 3. The number of halogens is 2. The minimum atomic E-state index is -0.263. The molecule has 5 heteroatoms. The van der Waals surface area contributed by atoms with E-state index in [-0.39, 0.29) is 17.8 Å². The fourth-order valence-corrected chi connectivity index (χ4v) is 2.09. The van der Waals surface area contributed by atoms with Crippen LogP contribution >= 0.6 is 15.9 Å². The number of amides is 1. The van der Waals surface area contributed by atoms with Gasteiger partial charge in [-0.15, -0.1) is 0 Å². The van der Waals surface area contributed by atoms with Gasteiger partial charge in [0.25, 0.3) is 0 Å². The van der Waals surface area contributed by atoms with Gasteiger partial charge in [0.1, 0.15) is 5.82 Å². The summed E-state index contributed by atoms with van der Waals surface area (Å²) in [5.41, 5.74) is 0.993. The van der Waals surface area contributed by atoms with E-state index in [4.69, 9.17) is 0 Å². The molecule has 1 aromatic carbocycles. The molecule has 3 nitrogen and oxygen atoms in total. The quantitative estimate of drug-likeness (QED) is 0.886. The normalized spacial score (nSPS) is 19.9. The van der Waals surface area contributed by atoms with Gasteiger partial charge in [-0.2, -0.15) is 0 Å². The van der Waals surface area contributed by atoms with Crippen LogP contribution in [0.4, 0.5) is 4.39 Å². The van der Waals surface area contributed by atoms with Crippen LogP contribution in [0.3, 0.4) is 0 Å². The zero-order chi connectivity index (χ0) is 11.5. The molecule has 16 heavy (non-hydrogen) atoms. The largest absolute Gasteiger partial charge is 0.354 e. The van der Waals surface area contributed by atoms with Crippen molar-refractivity contribution >= 4 is 21.8 Å². The zero-order valence-corrected chi connectivity index (χ0v) is 10.2. The van der Waals surface area contributed by atoms with Gasteiger partial charge in [0, 0.05) is 25.6 Å². The highest BCUT2D eigenvalue weighted by Crippen LogP contribution is 2.16. The smallest absolute Gasteiger partial charge is 0.221 e. The summed E-state index contributed by atoms with van der Waals surface area (Å²) in [7, 11) is 0. The van der Waals surface area contributed by atoms with Crippen molar-refractivity contribution in [2.45, 2.75) is 19.0 Å². The van der Waals surface area contributed by atoms with Crippen molar-refractivity contribution in [2.24, 2.45) is 0 Å². The van der Waals surface area contributed by atoms with Crippen molar-refractivity contribution in [3.05, 3.63) is 34.1 Å². The number of carbonyl (C=O) groups excluding carboxylic acids is 1. The molecule has 1 aliphatic rings. The van der Waals surface area contributed by atoms with Crippen LogP contribution in [0.2, 0.25) is 0 Å². The second-order valence-electron chi connectivity index (χ2n) is 3.83. The van der Waals surface area contributed by atoms with E-state index >= 15 is 0 Å². The van der Waals surface area contributed by atoms with Crippen LogP contribution in [-0.4, -0.2) is 18.5 Å². The number of hydrogen-bond acceptors (Lipinski definition) is 2. The molecule has 2 rings (SSSR count). The summed E-state index contributed by atoms with van der Waals surface area (Å²) in [6.07, 6.45) is 0.516. The molecule has 0 spiro atoms. The lowest BCUT2D eigenvalue weighted by molar-refractivity contribution is -0.119. The molecule has 1 aromatic rings. The maximum Gasteiger partial charge on any atom is 0.221 e. The van der Waals surface area contributed by atoms with E-state index in [9.17, 15) is 9.18 Å². The molecule has 0 bridgehead atoms. The first-order chi connectivity index (χ1) is 7.65. The Kier molecular flexibility index (Phi) is 3.56. The molecule has 1 fully saturated rings. The molecule has 1 unspecified atom stereocenters. The van der Waals surface area contributed by atoms with Gasteiger partial charge >= 0.3 is 0 Å². The molecule has 0 saturated carbocycles. The van der Waals surface area contributed by atoms with Crippen molar-refractivity contribution < 1.29 is 9.18 Å². The highest BCUT2D eigenvalue weighted by Gasteiger charge is 2.20. The summed E-state index contributed by atoms with van der Waals surface area (Å²) in [6, 6.07) is 5.08. The Morgan fingerprint density at radius 2 is 2.38 bits per heavy atom. The van der Waals surface area contributed by atoms with E-state index in [2.05, 4.69) is 26.6 Å². The monoisotopic (exact) mass is 286 g/mol. The molecular formula is C11H12BrFN2O. The molecular weight excluding hydrogens is 275 g/mol. The third-order valence-corrected chi connectivity index (χ3v) is 3.16. The van der Waals surface area contributed by atoms with E-state index in [0.717, 1.165) is 5.56 Å². The highest BCUT2D eigenvalue weighted by atomic mass is 79.9. The molecule has 1 aliphatic heterocycles. The van der Waals surface area contributed by atoms with Gasteiger partial charge < -0.3 is 10.6 Å². The van der Waals surface area contributed by atoms with Crippen LogP contribution in [-0.2, 0) is 11.3 Å². The van der Waals surface area contributed by atoms with Gasteiger partial charge in [-0.05, 0) is 33.6 Å². The van der Waals surface area contributed by atoms with Crippen molar-refractivity contribution in [3.8, 4) is 0 Å². The molecule has 1 heterocycles. The zero-order valence-electron chi connectivity index (χ0n) is 8.59. The van der Waals surface area contributed by atoms with Gasteiger partial charge in [0.15, 0.2) is 0 Å². The first-order valence-electron chi connectivity index (χ1n) is 5.09. The first kappa shape index (κ1) is 11.5. The second kappa shape index (κ2) is 4.93. The average Bonchev–Trinajstić information content (AvgIpc) is 2.66. The highest BCUT2D eigenvalue weighted by molar-refractivity contribution is 9.10. The summed E-state index contributed by atoms with van der Waals surface area (Å²) in [4.78, 5) is 11.0. The summed E-state index contributed by atoms with van der Waals surface area (Å²) >= 11 is 3.14.